The summed E-state index contributed by atoms with van der Waals surface area (Å²) in [5.74, 6) is -8.13. The summed E-state index contributed by atoms with van der Waals surface area (Å²) in [5, 5.41) is 32.5. The van der Waals surface area contributed by atoms with Gasteiger partial charge >= 0.3 is 36.8 Å². The number of amides is 8. The quantitative estimate of drug-likeness (QED) is 0.0112. The number of carboxylic acids is 2. The van der Waals surface area contributed by atoms with Crippen LogP contribution in [-0.4, -0.2) is 180 Å². The van der Waals surface area contributed by atoms with E-state index in [9.17, 15) is 62.8 Å². The number of benzene rings is 3. The number of carbonyl (C=O) groups excluding carboxylic acids is 10. The molecule has 51 heteroatoms. The van der Waals surface area contributed by atoms with E-state index < -0.39 is 65.4 Å². The van der Waals surface area contributed by atoms with Crippen molar-refractivity contribution in [3.05, 3.63) is 258 Å². The number of carboxylic acid groups (broad SMARTS) is 2. The predicted octanol–water partition coefficient (Wildman–Crippen LogP) is 13.5. The van der Waals surface area contributed by atoms with Crippen molar-refractivity contribution in [2.75, 3.05) is 22.6 Å². The fourth-order valence-corrected chi connectivity index (χ4v) is 17.0. The zero-order valence-corrected chi connectivity index (χ0v) is 86.1. The minimum Gasteiger partial charge on any atom is -0.870 e. The summed E-state index contributed by atoms with van der Waals surface area (Å²) in [5.41, 5.74) is 31.1. The summed E-state index contributed by atoms with van der Waals surface area (Å²) in [4.78, 5) is 159. The first kappa shape index (κ1) is 128. The molecule has 3 saturated carbocycles. The van der Waals surface area contributed by atoms with E-state index in [1.165, 1.54) is 47.9 Å². The number of aldehydes is 1. The third-order valence-electron chi connectivity index (χ3n) is 20.8. The monoisotopic (exact) mass is 2150 g/mol. The normalized spacial score (nSPS) is 12.8. The van der Waals surface area contributed by atoms with Crippen LogP contribution in [0.4, 0.5) is 17.1 Å². The van der Waals surface area contributed by atoms with E-state index in [0.717, 1.165) is 159 Å². The van der Waals surface area contributed by atoms with Gasteiger partial charge in [-0.3, -0.25) is 67.9 Å². The van der Waals surface area contributed by atoms with E-state index in [2.05, 4.69) is 162 Å². The van der Waals surface area contributed by atoms with Gasteiger partial charge in [-0.25, -0.2) is 21.0 Å². The first-order chi connectivity index (χ1) is 67.0. The topological polar surface area (TPSA) is 667 Å². The van der Waals surface area contributed by atoms with Gasteiger partial charge in [0.15, 0.2) is 67.8 Å². The zero-order valence-electron chi connectivity index (χ0n) is 79.7. The molecule has 12 aromatic rings. The number of nitrogens with one attached hydrogen (secondary N) is 2. The molecule has 2 unspecified atom stereocenters. The SMILES string of the molecule is C.C.C.CC(C)(C)c1ccc(N(C(=O)c2nsnc2C#N)C(C(=O)NC2CCCCC2)c2cccnc2)cc1.CC(C)(C)c1ccc(N(C(=O)c2nsnc2C(N)=O)C(C(=O)NC2CCCCC2)c2cccnc2)cc1.CC(C)(C)c1ccc(N)cc1.COC(=O)c1nsnc1C(N)=O.NC(=O)c1nsnc1C(=O)O.NC(=O)c1nsnc1Cl.O=C(O)c1nsnc1Cl.O=Cc1cccnc1.[C-]#[N+]C1CCCCC1.[Li+].[OH-]. The second kappa shape index (κ2) is 63.5. The molecule has 3 aliphatic rings. The molecular formula is C95H117Cl2LiN26O16S6. The number of ether oxygens (including phenoxy) is 1. The number of methoxy groups -OCH3 is 1. The number of carbonyl (C=O) groups is 12. The number of hydrogen-bond donors (Lipinski definition) is 9. The van der Waals surface area contributed by atoms with Crippen LogP contribution in [0.15, 0.2) is 146 Å². The second-order valence-electron chi connectivity index (χ2n) is 34.0. The number of nitrogens with zero attached hydrogens (tertiary/aromatic N) is 19. The standard InChI is InChI=1S/C27H32N6O3S.C27H30N6O2S.C10H15N.C7H11N.C6H5NO.C5H5N3O3S.C4H3N3O3S.C3H2ClN3OS.C3HClN2O2S.3CH4.Li.H2O/c1-27(2,3)18-11-13-20(14-12-18)33(26(36)22-21(24(28)34)31-37-32-22)23(17-8-7-15-29-16-17)25(35)30-19-9-5-4-6-10-19;1-27(2,3)19-11-13-21(14-12-19)33(26(35)23-22(16-28)31-36-32-23)24(18-8-7-15-29-17-18)25(34)30-20-9-5-4-6-10-20;1-10(2,3)8-4-6-9(11)7-5-8;1-8-7-5-3-2-4-6-7;8-5-6-2-1-3-7-4-6;1-11-5(10)3-2(4(6)9)7-12-8-3;5-3(8)1-2(4(9)10)7-11-6-1;4-2-1(3(5)8)6-9-7-2;4-2-1(3(7)8)5-9-6-2;;;;;/h7-8,11-16,19,23H,4-6,9-10H2,1-3H3,(H2,28,34)(H,30,35);7-8,11-15,17,20,24H,4-6,9-10H2,1-3H3,(H,30,34);4-7H,11H2,1-3H3;7H,2-6H2;1-5H;1H3,(H2,6,9);(H2,5,8)(H,9,10);(H2,5,8);(H,7,8);3*1H4;;1H2/q;;;;;;;;;;;;+1;/p-1. The van der Waals surface area contributed by atoms with E-state index in [-0.39, 0.29) is 154 Å². The molecule has 3 aromatic carbocycles. The van der Waals surface area contributed by atoms with Gasteiger partial charge in [0.05, 0.1) is 77.5 Å². The molecule has 2 atom stereocenters. The minimum absolute atomic E-state index is 0. The number of anilines is 3. The van der Waals surface area contributed by atoms with Gasteiger partial charge in [-0.05, 0) is 132 Å². The molecule has 146 heavy (non-hydrogen) atoms. The number of primary amides is 4. The van der Waals surface area contributed by atoms with Gasteiger partial charge in [0.1, 0.15) is 18.2 Å². The Morgan fingerprint density at radius 1 is 0.459 bits per heavy atom. The van der Waals surface area contributed by atoms with Crippen LogP contribution in [0.25, 0.3) is 4.85 Å². The van der Waals surface area contributed by atoms with Crippen LogP contribution in [-0.2, 0) is 30.6 Å². The summed E-state index contributed by atoms with van der Waals surface area (Å²) in [6.45, 7) is 25.9. The van der Waals surface area contributed by atoms with Crippen molar-refractivity contribution in [3.8, 4) is 6.07 Å². The molecule has 9 heterocycles. The summed E-state index contributed by atoms with van der Waals surface area (Å²) < 4.78 is 48.2. The van der Waals surface area contributed by atoms with Crippen molar-refractivity contribution in [2.45, 2.75) is 227 Å². The van der Waals surface area contributed by atoms with Gasteiger partial charge in [-0.2, -0.15) is 57.7 Å². The Labute approximate surface area is 893 Å². The van der Waals surface area contributed by atoms with E-state index in [1.807, 2.05) is 54.6 Å². The Kier molecular flexibility index (Phi) is 55.8. The van der Waals surface area contributed by atoms with E-state index in [0.29, 0.717) is 45.8 Å². The summed E-state index contributed by atoms with van der Waals surface area (Å²) >= 11 is 15.2. The van der Waals surface area contributed by atoms with Gasteiger partial charge in [0.25, 0.3) is 35.4 Å². The van der Waals surface area contributed by atoms with Crippen molar-refractivity contribution < 1.29 is 96.8 Å². The molecule has 42 nitrogen and oxygen atoms in total. The maximum Gasteiger partial charge on any atom is 1.00 e. The number of aromatic nitrogens is 15. The fourth-order valence-electron chi connectivity index (χ4n) is 13.4. The van der Waals surface area contributed by atoms with Crippen LogP contribution in [0.5, 0.6) is 0 Å². The van der Waals surface area contributed by atoms with E-state index in [4.69, 9.17) is 68.7 Å². The summed E-state index contributed by atoms with van der Waals surface area (Å²) in [6.07, 6.45) is 26.7. The summed E-state index contributed by atoms with van der Waals surface area (Å²) in [6, 6.07) is 33.9. The van der Waals surface area contributed by atoms with Crippen LogP contribution in [0.1, 0.15) is 331 Å². The van der Waals surface area contributed by atoms with Gasteiger partial charge < -0.3 is 64.6 Å². The molecule has 9 aromatic heterocycles. The van der Waals surface area contributed by atoms with Crippen LogP contribution in [0.2, 0.25) is 10.3 Å². The van der Waals surface area contributed by atoms with Crippen molar-refractivity contribution in [3.63, 3.8) is 0 Å². The molecular weight excluding hydrogens is 2030 g/mol. The largest absolute Gasteiger partial charge is 1.00 e. The Morgan fingerprint density at radius 3 is 1.08 bits per heavy atom. The molecule has 8 amide bonds. The molecule has 0 saturated heterocycles. The number of hydrogen-bond acceptors (Lipinski definition) is 37. The molecule has 0 aliphatic heterocycles. The number of rotatable bonds is 20. The number of nitrogen functional groups attached to an aromatic ring is 1. The number of esters is 1. The maximum absolute atomic E-state index is 14.0. The van der Waals surface area contributed by atoms with Crippen LogP contribution in [0.3, 0.4) is 0 Å². The van der Waals surface area contributed by atoms with Gasteiger partial charge in [0.2, 0.25) is 23.6 Å². The molecule has 3 fully saturated rings. The van der Waals surface area contributed by atoms with Crippen LogP contribution >= 0.6 is 93.6 Å². The van der Waals surface area contributed by atoms with Crippen molar-refractivity contribution in [1.29, 1.82) is 5.26 Å². The predicted molar refractivity (Wildman–Crippen MR) is 556 cm³/mol. The number of pyridine rings is 3. The Hall–Kier alpha value is -13.8. The van der Waals surface area contributed by atoms with Crippen molar-refractivity contribution >= 4 is 182 Å². The van der Waals surface area contributed by atoms with Crippen LogP contribution < -0.4 is 68.0 Å². The number of halogens is 2. The Balaban J connectivity index is 0.000000598. The Bertz CT molecular complexity index is 6160. The average molecular weight is 2150 g/mol. The number of nitrogens with two attached hydrogens (primary N) is 5. The van der Waals surface area contributed by atoms with Gasteiger partial charge in [-0.1, -0.05) is 201 Å². The van der Waals surface area contributed by atoms with E-state index in [1.54, 1.807) is 79.5 Å². The molecule has 774 valence electrons. The fraction of sp³-hybridized carbons (Fsp3) is 0.379. The van der Waals surface area contributed by atoms with Crippen molar-refractivity contribution in [1.82, 2.24) is 78.1 Å². The summed E-state index contributed by atoms with van der Waals surface area (Å²) in [7, 11) is 1.19. The minimum atomic E-state index is -1.30. The zero-order chi connectivity index (χ0) is 104. The number of aromatic carboxylic acids is 2. The van der Waals surface area contributed by atoms with Gasteiger partial charge in [0, 0.05) is 95.9 Å². The molecule has 0 spiro atoms. The maximum atomic E-state index is 14.0. The number of nitriles is 1. The molecule has 0 bridgehead atoms. The van der Waals surface area contributed by atoms with Gasteiger partial charge in [-0.15, -0.1) is 0 Å². The molecule has 15 N–H and O–H groups in total. The van der Waals surface area contributed by atoms with Crippen molar-refractivity contribution in [2.24, 2.45) is 22.9 Å². The molecule has 15 rings (SSSR count). The molecule has 0 radical (unpaired) electrons. The van der Waals surface area contributed by atoms with Crippen LogP contribution in [0, 0.1) is 17.9 Å². The van der Waals surface area contributed by atoms with E-state index >= 15 is 0 Å². The smallest absolute Gasteiger partial charge is 0.870 e. The third-order valence-corrected chi connectivity index (χ3v) is 24.7. The first-order valence-electron chi connectivity index (χ1n) is 43.3. The first-order valence-corrected chi connectivity index (χ1v) is 48.5. The second-order valence-corrected chi connectivity index (χ2v) is 37.9. The third kappa shape index (κ3) is 39.6. The molecule has 3 aliphatic carbocycles. The Morgan fingerprint density at radius 2 is 0.781 bits per heavy atom. The average Bonchev–Trinajstić information content (AvgIpc) is 1.37.